The van der Waals surface area contributed by atoms with Crippen LogP contribution in [-0.2, 0) is 10.0 Å². The fourth-order valence-electron chi connectivity index (χ4n) is 3.38. The Morgan fingerprint density at radius 3 is 2.44 bits per heavy atom. The van der Waals surface area contributed by atoms with Gasteiger partial charge in [-0.2, -0.15) is 0 Å². The molecular weight excluding hydrogens is 376 g/mol. The van der Waals surface area contributed by atoms with Crippen LogP contribution in [0.4, 0.5) is 14.5 Å². The first kappa shape index (κ1) is 19.3. The van der Waals surface area contributed by atoms with Crippen LogP contribution in [0.3, 0.4) is 0 Å². The molecule has 0 bridgehead atoms. The number of likely N-dealkylation sites (tertiary alicyclic amines) is 1. The number of nitrogens with zero attached hydrogens (tertiary/aromatic N) is 1. The largest absolute Gasteiger partial charge is 0.361 e. The number of rotatable bonds is 4. The summed E-state index contributed by atoms with van der Waals surface area (Å²) in [5, 5.41) is 0. The van der Waals surface area contributed by atoms with Crippen molar-refractivity contribution in [2.45, 2.75) is 38.0 Å². The summed E-state index contributed by atoms with van der Waals surface area (Å²) in [7, 11) is -4.31. The first-order valence-electron chi connectivity index (χ1n) is 8.67. The highest BCUT2D eigenvalue weighted by molar-refractivity contribution is 7.92. The molecule has 146 valence electrons. The van der Waals surface area contributed by atoms with Gasteiger partial charge in [0.15, 0.2) is 0 Å². The van der Waals surface area contributed by atoms with Crippen LogP contribution in [0.15, 0.2) is 23.1 Å². The smallest absolute Gasteiger partial charge is 0.264 e. The third kappa shape index (κ3) is 3.83. The predicted octanol–water partition coefficient (Wildman–Crippen LogP) is 3.34. The Bertz CT molecular complexity index is 980. The fourth-order valence-corrected chi connectivity index (χ4v) is 4.89. The van der Waals surface area contributed by atoms with Crippen molar-refractivity contribution in [2.75, 3.05) is 17.8 Å². The molecule has 6 nitrogen and oxygen atoms in total. The second-order valence-corrected chi connectivity index (χ2v) is 8.28. The quantitative estimate of drug-likeness (QED) is 0.830. The molecule has 0 atom stereocenters. The Hall–Kier alpha value is -2.42. The van der Waals surface area contributed by atoms with Crippen LogP contribution < -0.4 is 4.72 Å². The molecule has 1 amide bonds. The number of aryl methyl sites for hydroxylation is 2. The number of aromatic amines is 1. The summed E-state index contributed by atoms with van der Waals surface area (Å²) in [4.78, 5) is 17.2. The van der Waals surface area contributed by atoms with E-state index in [0.717, 1.165) is 37.5 Å². The lowest BCUT2D eigenvalue weighted by Gasteiger charge is -2.27. The molecule has 1 aromatic carbocycles. The van der Waals surface area contributed by atoms with Crippen LogP contribution in [-0.4, -0.2) is 37.3 Å². The molecule has 9 heteroatoms. The van der Waals surface area contributed by atoms with Gasteiger partial charge in [-0.3, -0.25) is 9.52 Å². The van der Waals surface area contributed by atoms with Crippen molar-refractivity contribution in [3.05, 3.63) is 46.8 Å². The lowest BCUT2D eigenvalue weighted by atomic mass is 10.1. The molecule has 0 aliphatic carbocycles. The van der Waals surface area contributed by atoms with Crippen LogP contribution in [0.5, 0.6) is 0 Å². The maximum absolute atomic E-state index is 13.9. The van der Waals surface area contributed by atoms with E-state index in [-0.39, 0.29) is 22.1 Å². The van der Waals surface area contributed by atoms with E-state index in [2.05, 4.69) is 9.71 Å². The van der Waals surface area contributed by atoms with Gasteiger partial charge in [-0.1, -0.05) is 0 Å². The Morgan fingerprint density at radius 1 is 1.11 bits per heavy atom. The zero-order valence-electron chi connectivity index (χ0n) is 15.1. The molecule has 2 aromatic rings. The Balaban J connectivity index is 2.02. The Kier molecular flexibility index (Phi) is 5.23. The average Bonchev–Trinajstić information content (AvgIpc) is 2.93. The lowest BCUT2D eigenvalue weighted by molar-refractivity contribution is 0.0720. The summed E-state index contributed by atoms with van der Waals surface area (Å²) in [6.45, 7) is 4.27. The summed E-state index contributed by atoms with van der Waals surface area (Å²) in [6.07, 6.45) is 2.76. The summed E-state index contributed by atoms with van der Waals surface area (Å²) < 4.78 is 55.2. The van der Waals surface area contributed by atoms with Gasteiger partial charge in [-0.15, -0.1) is 0 Å². The van der Waals surface area contributed by atoms with Crippen molar-refractivity contribution in [3.63, 3.8) is 0 Å². The van der Waals surface area contributed by atoms with Gasteiger partial charge in [0, 0.05) is 30.5 Å². The van der Waals surface area contributed by atoms with E-state index in [1.165, 1.54) is 6.92 Å². The molecule has 2 heterocycles. The Morgan fingerprint density at radius 2 is 1.78 bits per heavy atom. The highest BCUT2D eigenvalue weighted by atomic mass is 32.2. The van der Waals surface area contributed by atoms with Crippen LogP contribution in [0.2, 0.25) is 0 Å². The van der Waals surface area contributed by atoms with E-state index in [1.807, 2.05) is 0 Å². The molecule has 0 radical (unpaired) electrons. The standard InChI is InChI=1S/C18H21F2N3O3S/c1-11-16(18(24)23-8-4-3-5-9-23)17(12(2)21-11)27(25,26)22-15-10-13(19)6-7-14(15)20/h6-7,10,21-22H,3-5,8-9H2,1-2H3. The summed E-state index contributed by atoms with van der Waals surface area (Å²) in [5.74, 6) is -2.06. The molecule has 0 unspecified atom stereocenters. The van der Waals surface area contributed by atoms with Gasteiger partial charge >= 0.3 is 0 Å². The van der Waals surface area contributed by atoms with E-state index < -0.39 is 27.3 Å². The number of nitrogens with one attached hydrogen (secondary N) is 2. The number of H-pyrrole nitrogens is 1. The third-order valence-electron chi connectivity index (χ3n) is 4.62. The number of carbonyl (C=O) groups excluding carboxylic acids is 1. The summed E-state index contributed by atoms with van der Waals surface area (Å²) in [6, 6.07) is 2.49. The van der Waals surface area contributed by atoms with Gasteiger partial charge in [0.2, 0.25) is 0 Å². The third-order valence-corrected chi connectivity index (χ3v) is 6.15. The highest BCUT2D eigenvalue weighted by Gasteiger charge is 2.32. The summed E-state index contributed by atoms with van der Waals surface area (Å²) >= 11 is 0. The van der Waals surface area contributed by atoms with Gasteiger partial charge in [-0.05, 0) is 45.2 Å². The first-order valence-corrected chi connectivity index (χ1v) is 10.2. The molecule has 0 saturated carbocycles. The van der Waals surface area contributed by atoms with Gasteiger partial charge in [0.05, 0.1) is 11.3 Å². The maximum Gasteiger partial charge on any atom is 0.264 e. The minimum Gasteiger partial charge on any atom is -0.361 e. The topological polar surface area (TPSA) is 82.3 Å². The molecule has 1 aliphatic rings. The zero-order valence-corrected chi connectivity index (χ0v) is 15.9. The van der Waals surface area contributed by atoms with E-state index >= 15 is 0 Å². The molecule has 1 saturated heterocycles. The number of aromatic nitrogens is 1. The number of benzene rings is 1. The number of hydrogen-bond acceptors (Lipinski definition) is 3. The van der Waals surface area contributed by atoms with Crippen LogP contribution in [0.1, 0.15) is 41.0 Å². The molecule has 1 aromatic heterocycles. The van der Waals surface area contributed by atoms with Crippen LogP contribution in [0.25, 0.3) is 0 Å². The Labute approximate surface area is 156 Å². The lowest BCUT2D eigenvalue weighted by Crippen LogP contribution is -2.36. The van der Waals surface area contributed by atoms with Crippen LogP contribution >= 0.6 is 0 Å². The number of amides is 1. The molecule has 27 heavy (non-hydrogen) atoms. The first-order chi connectivity index (χ1) is 12.7. The van der Waals surface area contributed by atoms with Crippen molar-refractivity contribution in [2.24, 2.45) is 0 Å². The number of carbonyl (C=O) groups is 1. The van der Waals surface area contributed by atoms with E-state index in [4.69, 9.17) is 0 Å². The number of hydrogen-bond donors (Lipinski definition) is 2. The molecule has 3 rings (SSSR count). The second kappa shape index (κ2) is 7.30. The van der Waals surface area contributed by atoms with E-state index in [1.54, 1.807) is 11.8 Å². The minimum absolute atomic E-state index is 0.0405. The normalized spacial score (nSPS) is 15.0. The van der Waals surface area contributed by atoms with Gasteiger partial charge < -0.3 is 9.88 Å². The molecule has 0 spiro atoms. The second-order valence-electron chi connectivity index (χ2n) is 6.66. The molecule has 1 fully saturated rings. The highest BCUT2D eigenvalue weighted by Crippen LogP contribution is 2.29. The molecule has 2 N–H and O–H groups in total. The zero-order chi connectivity index (χ0) is 19.8. The predicted molar refractivity (Wildman–Crippen MR) is 97.2 cm³/mol. The van der Waals surface area contributed by atoms with Crippen molar-refractivity contribution in [1.82, 2.24) is 9.88 Å². The number of anilines is 1. The number of halogens is 2. The van der Waals surface area contributed by atoms with Crippen LogP contribution in [0, 0.1) is 25.5 Å². The molecular formula is C18H21F2N3O3S. The summed E-state index contributed by atoms with van der Waals surface area (Å²) in [5.41, 5.74) is 0.212. The van der Waals surface area contributed by atoms with Gasteiger partial charge in [0.1, 0.15) is 16.5 Å². The van der Waals surface area contributed by atoms with Gasteiger partial charge in [-0.25, -0.2) is 17.2 Å². The van der Waals surface area contributed by atoms with Crippen molar-refractivity contribution < 1.29 is 22.0 Å². The fraction of sp³-hybridized carbons (Fsp3) is 0.389. The van der Waals surface area contributed by atoms with Crippen molar-refractivity contribution in [1.29, 1.82) is 0 Å². The van der Waals surface area contributed by atoms with Gasteiger partial charge in [0.25, 0.3) is 15.9 Å². The molecule has 1 aliphatic heterocycles. The van der Waals surface area contributed by atoms with E-state index in [9.17, 15) is 22.0 Å². The maximum atomic E-state index is 13.9. The average molecular weight is 397 g/mol. The number of sulfonamides is 1. The van der Waals surface area contributed by atoms with E-state index in [0.29, 0.717) is 18.8 Å². The monoisotopic (exact) mass is 397 g/mol. The number of piperidine rings is 1. The SMILES string of the molecule is Cc1[nH]c(C)c(S(=O)(=O)Nc2cc(F)ccc2F)c1C(=O)N1CCCCC1. The minimum atomic E-state index is -4.31. The van der Waals surface area contributed by atoms with Crippen molar-refractivity contribution in [3.8, 4) is 0 Å². The van der Waals surface area contributed by atoms with Crippen molar-refractivity contribution >= 4 is 21.6 Å².